The molecule has 0 atom stereocenters. The number of anilines is 1. The van der Waals surface area contributed by atoms with Gasteiger partial charge in [-0.15, -0.1) is 11.3 Å². The first-order chi connectivity index (χ1) is 14.9. The molecule has 1 aromatic heterocycles. The molecule has 0 aliphatic carbocycles. The van der Waals surface area contributed by atoms with Crippen LogP contribution in [-0.4, -0.2) is 32.7 Å². The number of esters is 1. The molecule has 0 unspecified atom stereocenters. The lowest BCUT2D eigenvalue weighted by atomic mass is 10.0. The minimum absolute atomic E-state index is 0.227. The molecule has 0 bridgehead atoms. The van der Waals surface area contributed by atoms with Gasteiger partial charge in [-0.25, -0.2) is 4.79 Å². The van der Waals surface area contributed by atoms with Gasteiger partial charge in [0.25, 0.3) is 5.91 Å². The third-order valence-electron chi connectivity index (χ3n) is 4.96. The van der Waals surface area contributed by atoms with Gasteiger partial charge in [-0.05, 0) is 61.7 Å². The fraction of sp³-hybridized carbons (Fsp3) is 0.250. The topological polar surface area (TPSA) is 73.9 Å². The van der Waals surface area contributed by atoms with Crippen molar-refractivity contribution in [1.29, 1.82) is 0 Å². The van der Waals surface area contributed by atoms with Gasteiger partial charge in [0.2, 0.25) is 0 Å². The van der Waals surface area contributed by atoms with Crippen molar-refractivity contribution in [2.45, 2.75) is 20.8 Å². The van der Waals surface area contributed by atoms with Crippen LogP contribution in [0.2, 0.25) is 0 Å². The lowest BCUT2D eigenvalue weighted by Crippen LogP contribution is -2.15. The molecule has 3 rings (SSSR count). The summed E-state index contributed by atoms with van der Waals surface area (Å²) in [6.07, 6.45) is 0. The average Bonchev–Trinajstić information content (AvgIpc) is 3.18. The molecule has 0 aliphatic rings. The van der Waals surface area contributed by atoms with E-state index in [0.717, 1.165) is 16.7 Å². The SMILES string of the molecule is CCOC(=O)c1c(-c2ccc(OC)c(OC)c2)csc1NC(=O)c1ccc(C)c(C)c1. The van der Waals surface area contributed by atoms with Crippen LogP contribution in [0.3, 0.4) is 0 Å². The largest absolute Gasteiger partial charge is 0.493 e. The first kappa shape index (κ1) is 22.4. The van der Waals surface area contributed by atoms with E-state index in [1.165, 1.54) is 11.3 Å². The van der Waals surface area contributed by atoms with E-state index in [1.807, 2.05) is 37.4 Å². The molecular formula is C24H25NO5S. The third-order valence-corrected chi connectivity index (χ3v) is 5.86. The molecule has 7 heteroatoms. The van der Waals surface area contributed by atoms with Gasteiger partial charge in [-0.1, -0.05) is 12.1 Å². The van der Waals surface area contributed by atoms with Gasteiger partial charge in [0.15, 0.2) is 11.5 Å². The van der Waals surface area contributed by atoms with Crippen LogP contribution in [0.25, 0.3) is 11.1 Å². The van der Waals surface area contributed by atoms with Crippen LogP contribution >= 0.6 is 11.3 Å². The normalized spacial score (nSPS) is 10.5. The van der Waals surface area contributed by atoms with Gasteiger partial charge < -0.3 is 19.5 Å². The van der Waals surface area contributed by atoms with E-state index < -0.39 is 5.97 Å². The van der Waals surface area contributed by atoms with Gasteiger partial charge >= 0.3 is 5.97 Å². The Morgan fingerprint density at radius 3 is 2.35 bits per heavy atom. The Kier molecular flexibility index (Phi) is 6.97. The number of ether oxygens (including phenoxy) is 3. The van der Waals surface area contributed by atoms with Gasteiger partial charge in [-0.2, -0.15) is 0 Å². The highest BCUT2D eigenvalue weighted by molar-refractivity contribution is 7.15. The number of thiophene rings is 1. The molecule has 6 nitrogen and oxygen atoms in total. The summed E-state index contributed by atoms with van der Waals surface area (Å²) in [7, 11) is 3.11. The number of aryl methyl sites for hydroxylation is 2. The second-order valence-electron chi connectivity index (χ2n) is 6.90. The average molecular weight is 440 g/mol. The number of hydrogen-bond donors (Lipinski definition) is 1. The van der Waals surface area contributed by atoms with Gasteiger partial charge in [-0.3, -0.25) is 4.79 Å². The highest BCUT2D eigenvalue weighted by atomic mass is 32.1. The lowest BCUT2D eigenvalue weighted by molar-refractivity contribution is 0.0529. The summed E-state index contributed by atoms with van der Waals surface area (Å²) in [6.45, 7) is 5.92. The predicted octanol–water partition coefficient (Wildman–Crippen LogP) is 5.48. The fourth-order valence-corrected chi connectivity index (χ4v) is 4.08. The van der Waals surface area contributed by atoms with Crippen LogP contribution in [-0.2, 0) is 4.74 Å². The molecule has 162 valence electrons. The van der Waals surface area contributed by atoms with Gasteiger partial charge in [0, 0.05) is 16.5 Å². The molecule has 0 saturated carbocycles. The maximum absolute atomic E-state index is 12.8. The molecule has 0 fully saturated rings. The van der Waals surface area contributed by atoms with E-state index >= 15 is 0 Å². The van der Waals surface area contributed by atoms with E-state index in [2.05, 4.69) is 5.32 Å². The zero-order chi connectivity index (χ0) is 22.5. The Morgan fingerprint density at radius 2 is 1.71 bits per heavy atom. The maximum atomic E-state index is 12.8. The van der Waals surface area contributed by atoms with Crippen molar-refractivity contribution in [2.75, 3.05) is 26.1 Å². The molecule has 1 N–H and O–H groups in total. The summed E-state index contributed by atoms with van der Waals surface area (Å²) in [4.78, 5) is 25.6. The molecule has 1 heterocycles. The zero-order valence-corrected chi connectivity index (χ0v) is 19.0. The molecule has 31 heavy (non-hydrogen) atoms. The number of amides is 1. The standard InChI is InChI=1S/C24H25NO5S/c1-6-30-24(27)21-18(16-9-10-19(28-4)20(12-16)29-5)13-31-23(21)25-22(26)17-8-7-14(2)15(3)11-17/h7-13H,6H2,1-5H3,(H,25,26). The number of benzene rings is 2. The van der Waals surface area contributed by atoms with Crippen LogP contribution in [0.15, 0.2) is 41.8 Å². The van der Waals surface area contributed by atoms with Gasteiger partial charge in [0.05, 0.1) is 20.8 Å². The summed E-state index contributed by atoms with van der Waals surface area (Å²) in [5, 5.41) is 5.14. The monoisotopic (exact) mass is 439 g/mol. The fourth-order valence-electron chi connectivity index (χ4n) is 3.13. The van der Waals surface area contributed by atoms with Crippen molar-refractivity contribution in [2.24, 2.45) is 0 Å². The van der Waals surface area contributed by atoms with E-state index in [9.17, 15) is 9.59 Å². The zero-order valence-electron chi connectivity index (χ0n) is 18.2. The molecule has 0 spiro atoms. The second kappa shape index (κ2) is 9.66. The quantitative estimate of drug-likeness (QED) is 0.494. The van der Waals surface area contributed by atoms with Crippen molar-refractivity contribution >= 4 is 28.2 Å². The second-order valence-corrected chi connectivity index (χ2v) is 7.78. The third kappa shape index (κ3) is 4.72. The van der Waals surface area contributed by atoms with Crippen molar-refractivity contribution in [3.05, 3.63) is 64.0 Å². The lowest BCUT2D eigenvalue weighted by Gasteiger charge is -2.12. The van der Waals surface area contributed by atoms with Crippen LogP contribution in [0.4, 0.5) is 5.00 Å². The van der Waals surface area contributed by atoms with Crippen molar-refractivity contribution in [3.8, 4) is 22.6 Å². The number of carbonyl (C=O) groups is 2. The first-order valence-electron chi connectivity index (χ1n) is 9.79. The summed E-state index contributed by atoms with van der Waals surface area (Å²) in [6, 6.07) is 10.9. The van der Waals surface area contributed by atoms with E-state index in [-0.39, 0.29) is 12.5 Å². The highest BCUT2D eigenvalue weighted by Crippen LogP contribution is 2.39. The van der Waals surface area contributed by atoms with Crippen molar-refractivity contribution < 1.29 is 23.8 Å². The maximum Gasteiger partial charge on any atom is 0.341 e. The van der Waals surface area contributed by atoms with E-state index in [4.69, 9.17) is 14.2 Å². The van der Waals surface area contributed by atoms with Crippen molar-refractivity contribution in [1.82, 2.24) is 0 Å². The predicted molar refractivity (Wildman–Crippen MR) is 123 cm³/mol. The van der Waals surface area contributed by atoms with E-state index in [0.29, 0.717) is 33.2 Å². The molecule has 1 amide bonds. The minimum Gasteiger partial charge on any atom is -0.493 e. The van der Waals surface area contributed by atoms with Crippen LogP contribution in [0, 0.1) is 13.8 Å². The van der Waals surface area contributed by atoms with Crippen LogP contribution in [0.1, 0.15) is 38.8 Å². The summed E-state index contributed by atoms with van der Waals surface area (Å²) < 4.78 is 16.0. The molecule has 0 saturated heterocycles. The molecule has 0 radical (unpaired) electrons. The van der Waals surface area contributed by atoms with Gasteiger partial charge in [0.1, 0.15) is 10.6 Å². The Bertz CT molecular complexity index is 1120. The van der Waals surface area contributed by atoms with Crippen LogP contribution < -0.4 is 14.8 Å². The number of rotatable bonds is 7. The summed E-state index contributed by atoms with van der Waals surface area (Å²) in [5.41, 5.74) is 4.38. The summed E-state index contributed by atoms with van der Waals surface area (Å²) >= 11 is 1.27. The number of carbonyl (C=O) groups excluding carboxylic acids is 2. The minimum atomic E-state index is -0.496. The Hall–Kier alpha value is -3.32. The van der Waals surface area contributed by atoms with Crippen LogP contribution in [0.5, 0.6) is 11.5 Å². The Balaban J connectivity index is 2.02. The Morgan fingerprint density at radius 1 is 0.968 bits per heavy atom. The smallest absolute Gasteiger partial charge is 0.341 e. The number of nitrogens with one attached hydrogen (secondary N) is 1. The highest BCUT2D eigenvalue weighted by Gasteiger charge is 2.24. The summed E-state index contributed by atoms with van der Waals surface area (Å²) in [5.74, 6) is 0.349. The molecule has 0 aliphatic heterocycles. The Labute approximate surface area is 185 Å². The molecule has 2 aromatic carbocycles. The molecular weight excluding hydrogens is 414 g/mol. The first-order valence-corrected chi connectivity index (χ1v) is 10.7. The number of hydrogen-bond acceptors (Lipinski definition) is 6. The van der Waals surface area contributed by atoms with E-state index in [1.54, 1.807) is 39.3 Å². The number of methoxy groups -OCH3 is 2. The molecule has 3 aromatic rings. The van der Waals surface area contributed by atoms with Crippen molar-refractivity contribution in [3.63, 3.8) is 0 Å².